The van der Waals surface area contributed by atoms with Crippen LogP contribution in [0, 0.1) is 5.41 Å². The third kappa shape index (κ3) is 8.01. The molecular formula is C22H32Cl2N4O2. The summed E-state index contributed by atoms with van der Waals surface area (Å²) in [5.74, 6) is 0.329. The van der Waals surface area contributed by atoms with Crippen LogP contribution in [0.2, 0.25) is 10.0 Å². The summed E-state index contributed by atoms with van der Waals surface area (Å²) in [4.78, 5) is 12.9. The highest BCUT2D eigenvalue weighted by Gasteiger charge is 2.16. The summed E-state index contributed by atoms with van der Waals surface area (Å²) >= 11 is 12.1. The van der Waals surface area contributed by atoms with Gasteiger partial charge in [0.25, 0.3) is 5.91 Å². The molecule has 0 aliphatic heterocycles. The van der Waals surface area contributed by atoms with Crippen molar-refractivity contribution in [3.8, 4) is 0 Å². The molecule has 166 valence electrons. The third-order valence-corrected chi connectivity index (χ3v) is 5.39. The molecule has 30 heavy (non-hydrogen) atoms. The van der Waals surface area contributed by atoms with Gasteiger partial charge in [0.15, 0.2) is 0 Å². The standard InChI is InChI=1S/C22H32Cl2N4O2/c1-6-14(3)21(27-13-16-8-9-17(23)18(24)12-16)28-22(29)20(26-5)15(4)19(25)10-11-30-7-2/h8-9,12,25-27H,6-7,10-11,13H2,1-5H3,(H,28,29)/b20-15-,21-14-,25-19?. The van der Waals surface area contributed by atoms with Crippen molar-refractivity contribution >= 4 is 34.8 Å². The molecule has 6 nitrogen and oxygen atoms in total. The highest BCUT2D eigenvalue weighted by molar-refractivity contribution is 6.42. The summed E-state index contributed by atoms with van der Waals surface area (Å²) in [5.41, 5.74) is 3.26. The number of carbonyl (C=O) groups is 1. The van der Waals surface area contributed by atoms with Gasteiger partial charge in [-0.25, -0.2) is 0 Å². The van der Waals surface area contributed by atoms with E-state index in [0.717, 1.165) is 17.6 Å². The second-order valence-corrected chi connectivity index (χ2v) is 7.55. The summed E-state index contributed by atoms with van der Waals surface area (Å²) in [6.45, 7) is 9.18. The molecule has 0 radical (unpaired) electrons. The molecule has 0 fully saturated rings. The van der Waals surface area contributed by atoms with Crippen molar-refractivity contribution in [1.82, 2.24) is 16.0 Å². The maximum absolute atomic E-state index is 12.9. The molecule has 8 heteroatoms. The van der Waals surface area contributed by atoms with Gasteiger partial charge in [-0.05, 0) is 56.0 Å². The minimum Gasteiger partial charge on any atom is -0.383 e. The highest BCUT2D eigenvalue weighted by atomic mass is 35.5. The first-order chi connectivity index (χ1) is 14.2. The molecule has 1 aromatic carbocycles. The molecule has 0 aromatic heterocycles. The maximum atomic E-state index is 12.9. The van der Waals surface area contributed by atoms with Gasteiger partial charge in [-0.15, -0.1) is 0 Å². The quantitative estimate of drug-likeness (QED) is 0.208. The Morgan fingerprint density at radius 1 is 1.17 bits per heavy atom. The largest absolute Gasteiger partial charge is 0.383 e. The van der Waals surface area contributed by atoms with Crippen LogP contribution in [0.5, 0.6) is 0 Å². The van der Waals surface area contributed by atoms with Crippen molar-refractivity contribution in [3.05, 3.63) is 56.5 Å². The van der Waals surface area contributed by atoms with E-state index in [9.17, 15) is 4.79 Å². The van der Waals surface area contributed by atoms with Crippen LogP contribution in [0.1, 0.15) is 46.1 Å². The van der Waals surface area contributed by atoms with E-state index in [1.807, 2.05) is 26.8 Å². The monoisotopic (exact) mass is 454 g/mol. The first-order valence-electron chi connectivity index (χ1n) is 9.98. The first kappa shape index (κ1) is 26.0. The minimum absolute atomic E-state index is 0.305. The molecule has 1 amide bonds. The normalized spacial score (nSPS) is 12.6. The molecule has 1 rings (SSSR count). The van der Waals surface area contributed by atoms with Gasteiger partial charge in [0.1, 0.15) is 11.5 Å². The van der Waals surface area contributed by atoms with E-state index in [2.05, 4.69) is 16.0 Å². The number of halogens is 2. The van der Waals surface area contributed by atoms with Gasteiger partial charge < -0.3 is 26.1 Å². The van der Waals surface area contributed by atoms with Crippen LogP contribution in [0.4, 0.5) is 0 Å². The summed E-state index contributed by atoms with van der Waals surface area (Å²) in [6.07, 6.45) is 1.22. The van der Waals surface area contributed by atoms with E-state index in [0.29, 0.717) is 59.0 Å². The van der Waals surface area contributed by atoms with Crippen LogP contribution < -0.4 is 16.0 Å². The van der Waals surface area contributed by atoms with Crippen molar-refractivity contribution < 1.29 is 9.53 Å². The second-order valence-electron chi connectivity index (χ2n) is 6.74. The number of likely N-dealkylation sites (N-methyl/N-ethyl adjacent to an activating group) is 1. The molecule has 0 aliphatic carbocycles. The van der Waals surface area contributed by atoms with Crippen molar-refractivity contribution in [2.45, 2.75) is 47.1 Å². The van der Waals surface area contributed by atoms with Crippen molar-refractivity contribution in [2.24, 2.45) is 0 Å². The zero-order valence-electron chi connectivity index (χ0n) is 18.3. The van der Waals surface area contributed by atoms with Crippen molar-refractivity contribution in [2.75, 3.05) is 20.3 Å². The zero-order valence-corrected chi connectivity index (χ0v) is 19.9. The molecule has 0 heterocycles. The van der Waals surface area contributed by atoms with Crippen molar-refractivity contribution in [3.63, 3.8) is 0 Å². The Morgan fingerprint density at radius 3 is 2.43 bits per heavy atom. The van der Waals surface area contributed by atoms with E-state index in [1.165, 1.54) is 0 Å². The fraction of sp³-hybridized carbons (Fsp3) is 0.455. The molecule has 0 spiro atoms. The Hall–Kier alpha value is -2.02. The number of nitrogens with one attached hydrogen (secondary N) is 4. The number of allylic oxidation sites excluding steroid dienone is 2. The lowest BCUT2D eigenvalue weighted by Crippen LogP contribution is -2.37. The van der Waals surface area contributed by atoms with Crippen LogP contribution in [0.25, 0.3) is 0 Å². The number of rotatable bonds is 12. The Kier molecular flexibility index (Phi) is 11.5. The fourth-order valence-corrected chi connectivity index (χ4v) is 2.94. The predicted octanol–water partition coefficient (Wildman–Crippen LogP) is 4.78. The molecule has 0 bridgehead atoms. The molecule has 4 N–H and O–H groups in total. The van der Waals surface area contributed by atoms with E-state index >= 15 is 0 Å². The first-order valence-corrected chi connectivity index (χ1v) is 10.7. The SMILES string of the molecule is CCOCCC(=N)/C(C)=C(\NC)C(=O)N/C(NCc1ccc(Cl)c(Cl)c1)=C(/C)CC. The molecule has 0 aliphatic rings. The zero-order chi connectivity index (χ0) is 22.7. The fourth-order valence-electron chi connectivity index (χ4n) is 2.62. The Morgan fingerprint density at radius 2 is 1.87 bits per heavy atom. The van der Waals surface area contributed by atoms with Crippen LogP contribution in [-0.2, 0) is 16.1 Å². The van der Waals surface area contributed by atoms with Gasteiger partial charge in [-0.1, -0.05) is 36.2 Å². The van der Waals surface area contributed by atoms with Crippen molar-refractivity contribution in [1.29, 1.82) is 5.41 Å². The smallest absolute Gasteiger partial charge is 0.273 e. The van der Waals surface area contributed by atoms with E-state index in [-0.39, 0.29) is 5.91 Å². The lowest BCUT2D eigenvalue weighted by molar-refractivity contribution is -0.117. The number of benzene rings is 1. The molecular weight excluding hydrogens is 423 g/mol. The van der Waals surface area contributed by atoms with Gasteiger partial charge in [0.05, 0.1) is 16.7 Å². The van der Waals surface area contributed by atoms with Crippen LogP contribution in [0.15, 0.2) is 40.9 Å². The van der Waals surface area contributed by atoms with Gasteiger partial charge in [-0.2, -0.15) is 0 Å². The number of ether oxygens (including phenoxy) is 1. The van der Waals surface area contributed by atoms with Crippen LogP contribution in [-0.4, -0.2) is 31.9 Å². The van der Waals surface area contributed by atoms with E-state index in [1.54, 1.807) is 26.1 Å². The maximum Gasteiger partial charge on any atom is 0.273 e. The Balaban J connectivity index is 2.94. The molecule has 0 saturated heterocycles. The Labute approximate surface area is 189 Å². The topological polar surface area (TPSA) is 86.2 Å². The van der Waals surface area contributed by atoms with Crippen LogP contribution >= 0.6 is 23.2 Å². The average Bonchev–Trinajstić information content (AvgIpc) is 2.73. The molecule has 1 aromatic rings. The number of carbonyl (C=O) groups excluding carboxylic acids is 1. The van der Waals surface area contributed by atoms with E-state index < -0.39 is 0 Å². The third-order valence-electron chi connectivity index (χ3n) is 4.65. The average molecular weight is 455 g/mol. The van der Waals surface area contributed by atoms with Gasteiger partial charge in [-0.3, -0.25) is 4.79 Å². The number of hydrogen-bond acceptors (Lipinski definition) is 5. The second kappa shape index (κ2) is 13.3. The predicted molar refractivity (Wildman–Crippen MR) is 125 cm³/mol. The summed E-state index contributed by atoms with van der Waals surface area (Å²) in [7, 11) is 1.67. The Bertz CT molecular complexity index is 819. The van der Waals surface area contributed by atoms with Gasteiger partial charge >= 0.3 is 0 Å². The molecule has 0 atom stereocenters. The lowest BCUT2D eigenvalue weighted by atomic mass is 10.1. The molecule has 0 unspecified atom stereocenters. The summed E-state index contributed by atoms with van der Waals surface area (Å²) in [6, 6.07) is 5.42. The molecule has 0 saturated carbocycles. The number of hydrogen-bond donors (Lipinski definition) is 4. The van der Waals surface area contributed by atoms with Crippen LogP contribution in [0.3, 0.4) is 0 Å². The minimum atomic E-state index is -0.305. The highest BCUT2D eigenvalue weighted by Crippen LogP contribution is 2.22. The summed E-state index contributed by atoms with van der Waals surface area (Å²) in [5, 5.41) is 18.4. The van der Waals surface area contributed by atoms with Gasteiger partial charge in [0, 0.05) is 32.3 Å². The van der Waals surface area contributed by atoms with Gasteiger partial charge in [0.2, 0.25) is 0 Å². The summed E-state index contributed by atoms with van der Waals surface area (Å²) < 4.78 is 5.31. The number of amides is 1. The van der Waals surface area contributed by atoms with E-state index in [4.69, 9.17) is 33.3 Å². The lowest BCUT2D eigenvalue weighted by Gasteiger charge is -2.18.